The van der Waals surface area contributed by atoms with E-state index < -0.39 is 0 Å². The molecule has 2 fully saturated rings. The Hall–Kier alpha value is -0.570. The Morgan fingerprint density at radius 1 is 1.33 bits per heavy atom. The normalized spacial score (nSPS) is 31.9. The molecule has 2 unspecified atom stereocenters. The van der Waals surface area contributed by atoms with E-state index in [9.17, 15) is 4.79 Å². The van der Waals surface area contributed by atoms with Gasteiger partial charge in [0.25, 0.3) is 0 Å². The van der Waals surface area contributed by atoms with Gasteiger partial charge in [0, 0.05) is 12.0 Å². The average molecular weight is 252 g/mol. The molecule has 3 nitrogen and oxygen atoms in total. The first-order chi connectivity index (χ1) is 8.62. The van der Waals surface area contributed by atoms with E-state index in [4.69, 9.17) is 0 Å². The lowest BCUT2D eigenvalue weighted by Crippen LogP contribution is -2.45. The van der Waals surface area contributed by atoms with Gasteiger partial charge in [0.1, 0.15) is 0 Å². The highest BCUT2D eigenvalue weighted by atomic mass is 16.2. The highest BCUT2D eigenvalue weighted by Crippen LogP contribution is 2.35. The first-order valence-corrected chi connectivity index (χ1v) is 7.61. The minimum Gasteiger partial charge on any atom is -0.355 e. The van der Waals surface area contributed by atoms with E-state index in [1.807, 2.05) is 0 Å². The van der Waals surface area contributed by atoms with Crippen molar-refractivity contribution in [3.63, 3.8) is 0 Å². The quantitative estimate of drug-likeness (QED) is 0.809. The fraction of sp³-hybridized carbons (Fsp3) is 0.933. The van der Waals surface area contributed by atoms with Crippen molar-refractivity contribution in [2.24, 2.45) is 17.3 Å². The second kappa shape index (κ2) is 6.05. The molecule has 0 aromatic carbocycles. The fourth-order valence-corrected chi connectivity index (χ4v) is 3.37. The van der Waals surface area contributed by atoms with E-state index in [1.165, 1.54) is 25.7 Å². The highest BCUT2D eigenvalue weighted by Gasteiger charge is 2.34. The van der Waals surface area contributed by atoms with E-state index in [1.54, 1.807) is 0 Å². The van der Waals surface area contributed by atoms with Crippen LogP contribution in [0, 0.1) is 17.3 Å². The van der Waals surface area contributed by atoms with Gasteiger partial charge < -0.3 is 10.6 Å². The standard InChI is InChI=1S/C15H28N2O/c1-12-10-16-9-6-13(12)11-17-14(18)15(2)7-4-3-5-8-15/h12-13,16H,3-11H2,1-2H3,(H,17,18). The van der Waals surface area contributed by atoms with Gasteiger partial charge in [-0.05, 0) is 44.2 Å². The summed E-state index contributed by atoms with van der Waals surface area (Å²) in [4.78, 5) is 12.3. The van der Waals surface area contributed by atoms with Crippen LogP contribution < -0.4 is 10.6 Å². The molecule has 1 saturated carbocycles. The predicted octanol–water partition coefficient (Wildman–Crippen LogP) is 2.32. The predicted molar refractivity (Wildman–Crippen MR) is 74.3 cm³/mol. The first kappa shape index (κ1) is 13.9. The van der Waals surface area contributed by atoms with Crippen LogP contribution >= 0.6 is 0 Å². The third-order valence-corrected chi connectivity index (χ3v) is 4.99. The molecule has 2 rings (SSSR count). The van der Waals surface area contributed by atoms with Gasteiger partial charge in [-0.25, -0.2) is 0 Å². The van der Waals surface area contributed by atoms with Crippen LogP contribution in [0.3, 0.4) is 0 Å². The lowest BCUT2D eigenvalue weighted by Gasteiger charge is -2.34. The Morgan fingerprint density at radius 3 is 2.72 bits per heavy atom. The zero-order valence-electron chi connectivity index (χ0n) is 11.9. The zero-order valence-corrected chi connectivity index (χ0v) is 11.9. The van der Waals surface area contributed by atoms with Gasteiger partial charge in [-0.1, -0.05) is 33.1 Å². The molecule has 1 saturated heterocycles. The lowest BCUT2D eigenvalue weighted by molar-refractivity contribution is -0.132. The van der Waals surface area contributed by atoms with Gasteiger partial charge in [-0.15, -0.1) is 0 Å². The Balaban J connectivity index is 1.80. The van der Waals surface area contributed by atoms with Gasteiger partial charge in [-0.2, -0.15) is 0 Å². The van der Waals surface area contributed by atoms with Gasteiger partial charge in [0.2, 0.25) is 5.91 Å². The smallest absolute Gasteiger partial charge is 0.225 e. The number of carbonyl (C=O) groups is 1. The molecule has 0 spiro atoms. The molecule has 0 aromatic heterocycles. The monoisotopic (exact) mass is 252 g/mol. The molecule has 2 N–H and O–H groups in total. The van der Waals surface area contributed by atoms with Crippen molar-refractivity contribution in [2.75, 3.05) is 19.6 Å². The van der Waals surface area contributed by atoms with Crippen molar-refractivity contribution < 1.29 is 4.79 Å². The average Bonchev–Trinajstić information content (AvgIpc) is 2.38. The van der Waals surface area contributed by atoms with E-state index in [0.29, 0.717) is 17.7 Å². The molecule has 3 heteroatoms. The summed E-state index contributed by atoms with van der Waals surface area (Å²) < 4.78 is 0. The summed E-state index contributed by atoms with van der Waals surface area (Å²) in [5.41, 5.74) is -0.0889. The van der Waals surface area contributed by atoms with Crippen molar-refractivity contribution in [1.82, 2.24) is 10.6 Å². The number of rotatable bonds is 3. The van der Waals surface area contributed by atoms with Crippen LogP contribution in [-0.2, 0) is 4.79 Å². The van der Waals surface area contributed by atoms with E-state index in [2.05, 4.69) is 24.5 Å². The van der Waals surface area contributed by atoms with Crippen molar-refractivity contribution in [3.8, 4) is 0 Å². The summed E-state index contributed by atoms with van der Waals surface area (Å²) in [6.07, 6.45) is 7.06. The SMILES string of the molecule is CC1CNCCC1CNC(=O)C1(C)CCCCC1. The summed E-state index contributed by atoms with van der Waals surface area (Å²) in [6, 6.07) is 0. The van der Waals surface area contributed by atoms with E-state index in [0.717, 1.165) is 32.5 Å². The van der Waals surface area contributed by atoms with Crippen LogP contribution in [0.2, 0.25) is 0 Å². The minimum absolute atomic E-state index is 0.0889. The molecular weight excluding hydrogens is 224 g/mol. The molecule has 0 radical (unpaired) electrons. The third-order valence-electron chi connectivity index (χ3n) is 4.99. The Kier molecular flexibility index (Phi) is 4.66. The summed E-state index contributed by atoms with van der Waals surface area (Å²) in [5, 5.41) is 6.64. The Bertz CT molecular complexity index is 284. The molecule has 1 heterocycles. The Labute approximate surface area is 111 Å². The van der Waals surface area contributed by atoms with Crippen molar-refractivity contribution in [1.29, 1.82) is 0 Å². The number of nitrogens with one attached hydrogen (secondary N) is 2. The van der Waals surface area contributed by atoms with Crippen LogP contribution in [0.1, 0.15) is 52.4 Å². The van der Waals surface area contributed by atoms with E-state index in [-0.39, 0.29) is 5.41 Å². The van der Waals surface area contributed by atoms with Crippen molar-refractivity contribution in [3.05, 3.63) is 0 Å². The van der Waals surface area contributed by atoms with Crippen LogP contribution in [0.15, 0.2) is 0 Å². The number of hydrogen-bond donors (Lipinski definition) is 2. The van der Waals surface area contributed by atoms with Crippen LogP contribution in [0.5, 0.6) is 0 Å². The maximum atomic E-state index is 12.3. The number of carbonyl (C=O) groups excluding carboxylic acids is 1. The van der Waals surface area contributed by atoms with Crippen LogP contribution in [0.25, 0.3) is 0 Å². The van der Waals surface area contributed by atoms with Gasteiger partial charge >= 0.3 is 0 Å². The highest BCUT2D eigenvalue weighted by molar-refractivity contribution is 5.82. The largest absolute Gasteiger partial charge is 0.355 e. The van der Waals surface area contributed by atoms with Crippen molar-refractivity contribution in [2.45, 2.75) is 52.4 Å². The molecule has 0 aromatic rings. The minimum atomic E-state index is -0.0889. The third kappa shape index (κ3) is 3.25. The van der Waals surface area contributed by atoms with Crippen LogP contribution in [-0.4, -0.2) is 25.5 Å². The lowest BCUT2D eigenvalue weighted by atomic mass is 9.75. The number of piperidine rings is 1. The molecule has 0 bridgehead atoms. The second-order valence-electron chi connectivity index (χ2n) is 6.56. The topological polar surface area (TPSA) is 41.1 Å². The number of amides is 1. The fourth-order valence-electron chi connectivity index (χ4n) is 3.37. The molecule has 18 heavy (non-hydrogen) atoms. The summed E-state index contributed by atoms with van der Waals surface area (Å²) in [7, 11) is 0. The molecule has 2 atom stereocenters. The van der Waals surface area contributed by atoms with Crippen molar-refractivity contribution >= 4 is 5.91 Å². The zero-order chi connectivity index (χ0) is 13.0. The molecule has 2 aliphatic rings. The first-order valence-electron chi connectivity index (χ1n) is 7.61. The van der Waals surface area contributed by atoms with Gasteiger partial charge in [-0.3, -0.25) is 4.79 Å². The van der Waals surface area contributed by atoms with E-state index >= 15 is 0 Å². The Morgan fingerprint density at radius 2 is 2.06 bits per heavy atom. The second-order valence-corrected chi connectivity index (χ2v) is 6.56. The molecule has 1 aliphatic carbocycles. The molecule has 104 valence electrons. The molecule has 1 aliphatic heterocycles. The molecule has 1 amide bonds. The van der Waals surface area contributed by atoms with Crippen LogP contribution in [0.4, 0.5) is 0 Å². The summed E-state index contributed by atoms with van der Waals surface area (Å²) in [6.45, 7) is 7.50. The number of hydrogen-bond acceptors (Lipinski definition) is 2. The molecular formula is C15H28N2O. The summed E-state index contributed by atoms with van der Waals surface area (Å²) in [5.74, 6) is 1.63. The maximum Gasteiger partial charge on any atom is 0.225 e. The maximum absolute atomic E-state index is 12.3. The van der Waals surface area contributed by atoms with Gasteiger partial charge in [0.15, 0.2) is 0 Å². The summed E-state index contributed by atoms with van der Waals surface area (Å²) >= 11 is 0. The van der Waals surface area contributed by atoms with Gasteiger partial charge in [0.05, 0.1) is 0 Å².